The lowest BCUT2D eigenvalue weighted by Crippen LogP contribution is -2.31. The third-order valence-electron chi connectivity index (χ3n) is 6.39. The van der Waals surface area contributed by atoms with Crippen molar-refractivity contribution in [3.8, 4) is 17.0 Å². The average molecular weight is 469 g/mol. The number of nitrogens with zero attached hydrogens (tertiary/aromatic N) is 3. The number of nitro groups is 1. The summed E-state index contributed by atoms with van der Waals surface area (Å²) in [7, 11) is 1.62. The highest BCUT2D eigenvalue weighted by molar-refractivity contribution is 6.00. The Morgan fingerprint density at radius 3 is 2.51 bits per heavy atom. The van der Waals surface area contributed by atoms with Crippen LogP contribution in [0.2, 0.25) is 0 Å². The van der Waals surface area contributed by atoms with E-state index in [0.717, 1.165) is 28.0 Å². The summed E-state index contributed by atoms with van der Waals surface area (Å²) >= 11 is 0. The number of methoxy groups -OCH3 is 1. The van der Waals surface area contributed by atoms with Crippen molar-refractivity contribution in [2.75, 3.05) is 13.7 Å². The molecule has 0 bridgehead atoms. The average Bonchev–Trinajstić information content (AvgIpc) is 3.42. The molecular weight excluding hydrogens is 444 g/mol. The van der Waals surface area contributed by atoms with Crippen LogP contribution in [0.15, 0.2) is 72.8 Å². The first-order chi connectivity index (χ1) is 17.0. The summed E-state index contributed by atoms with van der Waals surface area (Å²) in [6.45, 7) is 2.45. The summed E-state index contributed by atoms with van der Waals surface area (Å²) in [6, 6.07) is 21.7. The second-order valence-corrected chi connectivity index (χ2v) is 8.58. The fraction of sp³-hybridized carbons (Fsp3) is 0.185. The summed E-state index contributed by atoms with van der Waals surface area (Å²) in [5.41, 5.74) is 5.57. The monoisotopic (exact) mass is 468 g/mol. The van der Waals surface area contributed by atoms with Crippen LogP contribution < -0.4 is 4.74 Å². The van der Waals surface area contributed by atoms with E-state index >= 15 is 0 Å². The largest absolute Gasteiger partial charge is 0.497 e. The van der Waals surface area contributed by atoms with Gasteiger partial charge in [0.05, 0.1) is 23.8 Å². The SMILES string of the molecule is COc1ccc(CCN2C(=O)c3[nH]nc(-c4ccc(C)cc4)c3C2c2cccc([N+](=O)[O-])c2)cc1. The van der Waals surface area contributed by atoms with E-state index in [1.54, 1.807) is 24.1 Å². The van der Waals surface area contributed by atoms with E-state index in [-0.39, 0.29) is 11.6 Å². The van der Waals surface area contributed by atoms with Crippen molar-refractivity contribution < 1.29 is 14.5 Å². The molecule has 8 nitrogen and oxygen atoms in total. The Hall–Kier alpha value is -4.46. The molecule has 4 aromatic rings. The smallest absolute Gasteiger partial charge is 0.273 e. The highest BCUT2D eigenvalue weighted by Gasteiger charge is 2.42. The summed E-state index contributed by atoms with van der Waals surface area (Å²) < 4.78 is 5.23. The zero-order chi connectivity index (χ0) is 24.5. The van der Waals surface area contributed by atoms with E-state index in [0.29, 0.717) is 29.9 Å². The number of carbonyl (C=O) groups is 1. The first-order valence-corrected chi connectivity index (χ1v) is 11.3. The Morgan fingerprint density at radius 1 is 1.09 bits per heavy atom. The molecule has 2 heterocycles. The van der Waals surface area contributed by atoms with Gasteiger partial charge in [-0.25, -0.2) is 0 Å². The molecule has 0 radical (unpaired) electrons. The molecule has 3 aromatic carbocycles. The van der Waals surface area contributed by atoms with Gasteiger partial charge in [-0.2, -0.15) is 5.10 Å². The van der Waals surface area contributed by atoms with Crippen molar-refractivity contribution in [2.24, 2.45) is 0 Å². The van der Waals surface area contributed by atoms with Crippen molar-refractivity contribution in [3.05, 3.63) is 111 Å². The Morgan fingerprint density at radius 2 is 1.83 bits per heavy atom. The Labute approximate surface area is 202 Å². The van der Waals surface area contributed by atoms with Gasteiger partial charge in [-0.15, -0.1) is 0 Å². The maximum Gasteiger partial charge on any atom is 0.273 e. The number of ether oxygens (including phenoxy) is 1. The summed E-state index contributed by atoms with van der Waals surface area (Å²) in [5, 5.41) is 18.9. The molecule has 1 unspecified atom stereocenters. The predicted octanol–water partition coefficient (Wildman–Crippen LogP) is 5.09. The summed E-state index contributed by atoms with van der Waals surface area (Å²) in [4.78, 5) is 26.4. The molecule has 1 aliphatic heterocycles. The molecule has 0 saturated heterocycles. The zero-order valence-corrected chi connectivity index (χ0v) is 19.4. The van der Waals surface area contributed by atoms with E-state index in [1.165, 1.54) is 6.07 Å². The fourth-order valence-electron chi connectivity index (χ4n) is 4.56. The maximum absolute atomic E-state index is 13.5. The second kappa shape index (κ2) is 9.06. The van der Waals surface area contributed by atoms with Crippen LogP contribution in [0.1, 0.15) is 38.8 Å². The van der Waals surface area contributed by atoms with Gasteiger partial charge in [0.2, 0.25) is 0 Å². The number of benzene rings is 3. The van der Waals surface area contributed by atoms with Gasteiger partial charge in [-0.1, -0.05) is 54.1 Å². The van der Waals surface area contributed by atoms with Crippen LogP contribution in [-0.2, 0) is 6.42 Å². The fourth-order valence-corrected chi connectivity index (χ4v) is 4.56. The molecule has 0 saturated carbocycles. The van der Waals surface area contributed by atoms with Crippen molar-refractivity contribution >= 4 is 11.6 Å². The van der Waals surface area contributed by atoms with E-state index in [9.17, 15) is 14.9 Å². The third kappa shape index (κ3) is 4.14. The van der Waals surface area contributed by atoms with Crippen molar-refractivity contribution in [2.45, 2.75) is 19.4 Å². The number of hydrogen-bond donors (Lipinski definition) is 1. The maximum atomic E-state index is 13.5. The van der Waals surface area contributed by atoms with Gasteiger partial charge in [-0.05, 0) is 36.6 Å². The molecule has 35 heavy (non-hydrogen) atoms. The van der Waals surface area contributed by atoms with Crippen molar-refractivity contribution in [1.29, 1.82) is 0 Å². The molecule has 8 heteroatoms. The zero-order valence-electron chi connectivity index (χ0n) is 19.4. The van der Waals surface area contributed by atoms with Crippen LogP contribution in [0.3, 0.4) is 0 Å². The molecule has 1 aliphatic rings. The summed E-state index contributed by atoms with van der Waals surface area (Å²) in [6.07, 6.45) is 0.624. The molecule has 1 aromatic heterocycles. The molecule has 0 spiro atoms. The number of fused-ring (bicyclic) bond motifs is 1. The number of amides is 1. The lowest BCUT2D eigenvalue weighted by atomic mass is 9.95. The van der Waals surface area contributed by atoms with Gasteiger partial charge in [-0.3, -0.25) is 20.0 Å². The number of aryl methyl sites for hydroxylation is 1. The number of nitrogens with one attached hydrogen (secondary N) is 1. The van der Waals surface area contributed by atoms with Crippen LogP contribution in [0, 0.1) is 17.0 Å². The van der Waals surface area contributed by atoms with Gasteiger partial charge in [0.15, 0.2) is 0 Å². The standard InChI is InChI=1S/C27H24N4O4/c1-17-6-10-19(11-7-17)24-23-25(29-28-24)27(32)30(15-14-18-8-12-22(35-2)13-9-18)26(23)20-4-3-5-21(16-20)31(33)34/h3-13,16,26H,14-15H2,1-2H3,(H,28,29). The molecule has 0 fully saturated rings. The number of aromatic amines is 1. The van der Waals surface area contributed by atoms with Crippen LogP contribution in [0.4, 0.5) is 5.69 Å². The Balaban J connectivity index is 1.56. The van der Waals surface area contributed by atoms with E-state index in [1.807, 2.05) is 61.5 Å². The van der Waals surface area contributed by atoms with E-state index < -0.39 is 11.0 Å². The summed E-state index contributed by atoms with van der Waals surface area (Å²) in [5.74, 6) is 0.597. The van der Waals surface area contributed by atoms with Gasteiger partial charge in [0.25, 0.3) is 11.6 Å². The number of aromatic nitrogens is 2. The topological polar surface area (TPSA) is 101 Å². The lowest BCUT2D eigenvalue weighted by Gasteiger charge is -2.26. The highest BCUT2D eigenvalue weighted by atomic mass is 16.6. The molecule has 176 valence electrons. The van der Waals surface area contributed by atoms with Crippen molar-refractivity contribution in [3.63, 3.8) is 0 Å². The van der Waals surface area contributed by atoms with Gasteiger partial charge in [0, 0.05) is 29.8 Å². The molecule has 1 atom stereocenters. The number of carbonyl (C=O) groups excluding carboxylic acids is 1. The number of non-ortho nitro benzene ring substituents is 1. The minimum absolute atomic E-state index is 0.0149. The normalized spacial score (nSPS) is 14.7. The number of rotatable bonds is 7. The molecule has 5 rings (SSSR count). The van der Waals surface area contributed by atoms with E-state index in [2.05, 4.69) is 10.2 Å². The van der Waals surface area contributed by atoms with Gasteiger partial charge in [0.1, 0.15) is 11.4 Å². The minimum Gasteiger partial charge on any atom is -0.497 e. The quantitative estimate of drug-likeness (QED) is 0.301. The van der Waals surface area contributed by atoms with E-state index in [4.69, 9.17) is 4.74 Å². The number of H-pyrrole nitrogens is 1. The molecule has 0 aliphatic carbocycles. The van der Waals surface area contributed by atoms with Crippen LogP contribution in [0.5, 0.6) is 5.75 Å². The third-order valence-corrected chi connectivity index (χ3v) is 6.39. The van der Waals surface area contributed by atoms with Crippen LogP contribution in [-0.4, -0.2) is 39.6 Å². The number of hydrogen-bond acceptors (Lipinski definition) is 5. The lowest BCUT2D eigenvalue weighted by molar-refractivity contribution is -0.384. The van der Waals surface area contributed by atoms with Gasteiger partial charge < -0.3 is 9.64 Å². The highest BCUT2D eigenvalue weighted by Crippen LogP contribution is 2.43. The second-order valence-electron chi connectivity index (χ2n) is 8.58. The molecule has 1 N–H and O–H groups in total. The first kappa shape index (κ1) is 22.3. The van der Waals surface area contributed by atoms with Crippen LogP contribution >= 0.6 is 0 Å². The Bertz CT molecular complexity index is 1390. The van der Waals surface area contributed by atoms with Crippen molar-refractivity contribution in [1.82, 2.24) is 15.1 Å². The Kier molecular flexibility index (Phi) is 5.78. The van der Waals surface area contributed by atoms with Gasteiger partial charge >= 0.3 is 0 Å². The predicted molar refractivity (Wildman–Crippen MR) is 131 cm³/mol. The first-order valence-electron chi connectivity index (χ1n) is 11.3. The van der Waals surface area contributed by atoms with Crippen LogP contribution in [0.25, 0.3) is 11.3 Å². The number of nitro benzene ring substituents is 1. The molecule has 1 amide bonds. The molecular formula is C27H24N4O4. The minimum atomic E-state index is -0.495.